The van der Waals surface area contributed by atoms with Gasteiger partial charge in [0.2, 0.25) is 0 Å². The summed E-state index contributed by atoms with van der Waals surface area (Å²) in [5, 5.41) is 3.34. The molecule has 21 heavy (non-hydrogen) atoms. The third-order valence-electron chi connectivity index (χ3n) is 3.36. The van der Waals surface area contributed by atoms with Crippen molar-refractivity contribution in [3.05, 3.63) is 52.9 Å². The predicted molar refractivity (Wildman–Crippen MR) is 82.1 cm³/mol. The van der Waals surface area contributed by atoms with E-state index in [1.54, 1.807) is 19.5 Å². The monoisotopic (exact) mass is 286 g/mol. The van der Waals surface area contributed by atoms with E-state index in [0.29, 0.717) is 6.61 Å². The van der Waals surface area contributed by atoms with Crippen LogP contribution in [0.3, 0.4) is 0 Å². The van der Waals surface area contributed by atoms with Crippen LogP contribution < -0.4 is 5.32 Å². The number of rotatable bonds is 7. The number of hydrogen-bond donors (Lipinski definition) is 1. The molecule has 1 N–H and O–H groups in total. The minimum absolute atomic E-state index is 0.707. The molecule has 5 nitrogen and oxygen atoms in total. The summed E-state index contributed by atoms with van der Waals surface area (Å²) in [5.74, 6) is 0.858. The Morgan fingerprint density at radius 2 is 1.76 bits per heavy atom. The Balaban J connectivity index is 2.06. The first-order valence-corrected chi connectivity index (χ1v) is 7.12. The zero-order valence-electron chi connectivity index (χ0n) is 12.9. The number of methoxy groups -OCH3 is 1. The van der Waals surface area contributed by atoms with Gasteiger partial charge < -0.3 is 10.1 Å². The molecule has 0 atom stereocenters. The van der Waals surface area contributed by atoms with Crippen molar-refractivity contribution in [1.29, 1.82) is 0 Å². The van der Waals surface area contributed by atoms with E-state index < -0.39 is 0 Å². The highest BCUT2D eigenvalue weighted by molar-refractivity contribution is 5.26. The van der Waals surface area contributed by atoms with Gasteiger partial charge in [0, 0.05) is 56.0 Å². The van der Waals surface area contributed by atoms with E-state index in [9.17, 15) is 0 Å². The van der Waals surface area contributed by atoms with Crippen LogP contribution in [0.1, 0.15) is 28.3 Å². The first kappa shape index (κ1) is 15.5. The van der Waals surface area contributed by atoms with Gasteiger partial charge in [-0.2, -0.15) is 0 Å². The molecule has 0 saturated heterocycles. The van der Waals surface area contributed by atoms with Gasteiger partial charge in [0.25, 0.3) is 0 Å². The smallest absolute Gasteiger partial charge is 0.133 e. The van der Waals surface area contributed by atoms with Crippen molar-refractivity contribution in [2.45, 2.75) is 26.8 Å². The van der Waals surface area contributed by atoms with Crippen LogP contribution in [0.15, 0.2) is 24.5 Å². The summed E-state index contributed by atoms with van der Waals surface area (Å²) < 4.78 is 5.03. The molecule has 0 fully saturated rings. The first-order chi connectivity index (χ1) is 10.2. The lowest BCUT2D eigenvalue weighted by molar-refractivity contribution is 0.199. The lowest BCUT2D eigenvalue weighted by Crippen LogP contribution is -2.20. The molecular weight excluding hydrogens is 264 g/mol. The number of pyridine rings is 1. The van der Waals surface area contributed by atoms with Crippen LogP contribution in [-0.2, 0) is 17.7 Å². The Kier molecular flexibility index (Phi) is 5.78. The summed E-state index contributed by atoms with van der Waals surface area (Å²) >= 11 is 0. The minimum Gasteiger partial charge on any atom is -0.383 e. The van der Waals surface area contributed by atoms with Crippen LogP contribution in [0.25, 0.3) is 0 Å². The summed E-state index contributed by atoms with van der Waals surface area (Å²) in [4.78, 5) is 13.3. The van der Waals surface area contributed by atoms with Gasteiger partial charge in [0.1, 0.15) is 5.82 Å². The molecule has 2 aromatic heterocycles. The number of aryl methyl sites for hydroxylation is 2. The molecule has 0 aliphatic heterocycles. The van der Waals surface area contributed by atoms with Crippen LogP contribution in [0.4, 0.5) is 0 Å². The van der Waals surface area contributed by atoms with Crippen LogP contribution in [0, 0.1) is 13.8 Å². The second-order valence-electron chi connectivity index (χ2n) is 4.99. The van der Waals surface area contributed by atoms with E-state index in [1.807, 2.05) is 26.0 Å². The SMILES string of the molecule is COCCNCc1c(C)nc(Cc2ccncc2)nc1C. The fraction of sp³-hybridized carbons (Fsp3) is 0.438. The summed E-state index contributed by atoms with van der Waals surface area (Å²) in [5.41, 5.74) is 4.42. The molecule has 2 heterocycles. The quantitative estimate of drug-likeness (QED) is 0.787. The van der Waals surface area contributed by atoms with Gasteiger partial charge >= 0.3 is 0 Å². The molecule has 0 amide bonds. The molecule has 0 spiro atoms. The van der Waals surface area contributed by atoms with Crippen molar-refractivity contribution in [3.63, 3.8) is 0 Å². The van der Waals surface area contributed by atoms with E-state index in [0.717, 1.165) is 36.7 Å². The van der Waals surface area contributed by atoms with Gasteiger partial charge in [-0.3, -0.25) is 4.98 Å². The average Bonchev–Trinajstić information content (AvgIpc) is 2.47. The molecule has 2 rings (SSSR count). The minimum atomic E-state index is 0.707. The summed E-state index contributed by atoms with van der Waals surface area (Å²) in [6, 6.07) is 3.99. The maximum absolute atomic E-state index is 5.03. The maximum atomic E-state index is 5.03. The van der Waals surface area contributed by atoms with Gasteiger partial charge in [-0.15, -0.1) is 0 Å². The molecule has 0 unspecified atom stereocenters. The molecule has 0 saturated carbocycles. The highest BCUT2D eigenvalue weighted by atomic mass is 16.5. The topological polar surface area (TPSA) is 59.9 Å². The van der Waals surface area contributed by atoms with Crippen LogP contribution in [0.2, 0.25) is 0 Å². The van der Waals surface area contributed by atoms with Gasteiger partial charge in [-0.05, 0) is 31.5 Å². The number of nitrogens with one attached hydrogen (secondary N) is 1. The molecule has 0 radical (unpaired) electrons. The van der Waals surface area contributed by atoms with Crippen LogP contribution in [-0.4, -0.2) is 35.2 Å². The standard InChI is InChI=1S/C16H22N4O/c1-12-15(11-18-8-9-21-3)13(2)20-16(19-12)10-14-4-6-17-7-5-14/h4-7,18H,8-11H2,1-3H3. The zero-order valence-corrected chi connectivity index (χ0v) is 12.9. The second-order valence-corrected chi connectivity index (χ2v) is 4.99. The Morgan fingerprint density at radius 3 is 2.38 bits per heavy atom. The first-order valence-electron chi connectivity index (χ1n) is 7.12. The third kappa shape index (κ3) is 4.58. The van der Waals surface area contributed by atoms with Crippen molar-refractivity contribution in [1.82, 2.24) is 20.3 Å². The van der Waals surface area contributed by atoms with E-state index in [4.69, 9.17) is 4.74 Å². The van der Waals surface area contributed by atoms with Crippen molar-refractivity contribution >= 4 is 0 Å². The molecule has 0 bridgehead atoms. The van der Waals surface area contributed by atoms with Crippen molar-refractivity contribution < 1.29 is 4.74 Å². The van der Waals surface area contributed by atoms with E-state index in [1.165, 1.54) is 11.1 Å². The Labute approximate surface area is 125 Å². The van der Waals surface area contributed by atoms with Gasteiger partial charge in [0.05, 0.1) is 6.61 Å². The highest BCUT2D eigenvalue weighted by Crippen LogP contribution is 2.12. The molecule has 0 aliphatic rings. The molecule has 5 heteroatoms. The number of nitrogens with zero attached hydrogens (tertiary/aromatic N) is 3. The number of aromatic nitrogens is 3. The molecule has 2 aromatic rings. The molecular formula is C16H22N4O. The second kappa shape index (κ2) is 7.81. The third-order valence-corrected chi connectivity index (χ3v) is 3.36. The summed E-state index contributed by atoms with van der Waals surface area (Å²) in [7, 11) is 1.70. The zero-order chi connectivity index (χ0) is 15.1. The van der Waals surface area contributed by atoms with Crippen LogP contribution in [0.5, 0.6) is 0 Å². The van der Waals surface area contributed by atoms with E-state index in [2.05, 4.69) is 20.3 Å². The molecule has 0 aliphatic carbocycles. The van der Waals surface area contributed by atoms with Gasteiger partial charge in [0.15, 0.2) is 0 Å². The fourth-order valence-corrected chi connectivity index (χ4v) is 2.21. The Bertz CT molecular complexity index is 549. The van der Waals surface area contributed by atoms with Crippen molar-refractivity contribution in [2.75, 3.05) is 20.3 Å². The van der Waals surface area contributed by atoms with E-state index >= 15 is 0 Å². The average molecular weight is 286 g/mol. The van der Waals surface area contributed by atoms with Crippen molar-refractivity contribution in [3.8, 4) is 0 Å². The van der Waals surface area contributed by atoms with Crippen LogP contribution >= 0.6 is 0 Å². The normalized spacial score (nSPS) is 10.8. The summed E-state index contributed by atoms with van der Waals surface area (Å²) in [6.07, 6.45) is 4.33. The molecule has 0 aromatic carbocycles. The lowest BCUT2D eigenvalue weighted by Gasteiger charge is -2.12. The fourth-order valence-electron chi connectivity index (χ4n) is 2.21. The molecule has 112 valence electrons. The predicted octanol–water partition coefficient (Wildman–Crippen LogP) is 1.82. The number of ether oxygens (including phenoxy) is 1. The largest absolute Gasteiger partial charge is 0.383 e. The van der Waals surface area contributed by atoms with Gasteiger partial charge in [-0.1, -0.05) is 0 Å². The number of hydrogen-bond acceptors (Lipinski definition) is 5. The van der Waals surface area contributed by atoms with Crippen molar-refractivity contribution in [2.24, 2.45) is 0 Å². The lowest BCUT2D eigenvalue weighted by atomic mass is 10.1. The Hall–Kier alpha value is -1.85. The van der Waals surface area contributed by atoms with E-state index in [-0.39, 0.29) is 0 Å². The van der Waals surface area contributed by atoms with Gasteiger partial charge in [-0.25, -0.2) is 9.97 Å². The maximum Gasteiger partial charge on any atom is 0.133 e. The highest BCUT2D eigenvalue weighted by Gasteiger charge is 2.08. The Morgan fingerprint density at radius 1 is 1.10 bits per heavy atom. The summed E-state index contributed by atoms with van der Waals surface area (Å²) in [6.45, 7) is 6.39.